The number of aliphatic hydroxyl groups is 1. The minimum atomic E-state index is -0.176. The van der Waals surface area contributed by atoms with Crippen molar-refractivity contribution in [3.63, 3.8) is 0 Å². The third kappa shape index (κ3) is 7.50. The lowest BCUT2D eigenvalue weighted by Gasteiger charge is -2.31. The van der Waals surface area contributed by atoms with Crippen molar-refractivity contribution in [2.24, 2.45) is 5.92 Å². The topological polar surface area (TPSA) is 143 Å². The molecule has 11 nitrogen and oxygen atoms in total. The number of rotatable bonds is 13. The molecule has 6 rings (SSSR count). The zero-order valence-electron chi connectivity index (χ0n) is 26.2. The molecule has 3 heterocycles. The second-order valence-electron chi connectivity index (χ2n) is 11.8. The van der Waals surface area contributed by atoms with Crippen molar-refractivity contribution in [1.29, 1.82) is 0 Å². The number of nitrogens with zero attached hydrogens (tertiary/aromatic N) is 4. The van der Waals surface area contributed by atoms with E-state index in [1.165, 1.54) is 0 Å². The van der Waals surface area contributed by atoms with Gasteiger partial charge in [0.25, 0.3) is 0 Å². The van der Waals surface area contributed by atoms with Crippen molar-refractivity contribution in [2.75, 3.05) is 27.3 Å². The largest absolute Gasteiger partial charge is 0.480 e. The Bertz CT molecular complexity index is 1750. The molecule has 0 bridgehead atoms. The fourth-order valence-electron chi connectivity index (χ4n) is 5.96. The number of methoxy groups -OCH3 is 2. The molecule has 1 atom stereocenters. The van der Waals surface area contributed by atoms with Gasteiger partial charge >= 0.3 is 0 Å². The van der Waals surface area contributed by atoms with Crippen LogP contribution >= 0.6 is 23.2 Å². The molecule has 2 aliphatic rings. The molecule has 0 radical (unpaired) electrons. The van der Waals surface area contributed by atoms with Crippen LogP contribution in [0, 0.1) is 5.92 Å². The van der Waals surface area contributed by atoms with Crippen LogP contribution in [0.1, 0.15) is 37.1 Å². The zero-order valence-corrected chi connectivity index (χ0v) is 27.7. The Morgan fingerprint density at radius 2 is 1.34 bits per heavy atom. The number of aromatic nitrogens is 4. The number of hydrogen-bond acceptors (Lipinski definition) is 10. The van der Waals surface area contributed by atoms with E-state index in [1.54, 1.807) is 26.6 Å². The van der Waals surface area contributed by atoms with Gasteiger partial charge in [-0.3, -0.25) is 14.8 Å². The fraction of sp³-hybridized carbons (Fsp3) is 0.382. The van der Waals surface area contributed by atoms with Gasteiger partial charge in [0.15, 0.2) is 0 Å². The van der Waals surface area contributed by atoms with E-state index in [4.69, 9.17) is 42.6 Å². The standard InChI is InChI=1S/C34H37Cl2N7O4/c1-46-33-28(15-37-13-19-11-21(44)12-19)39-17-26(42-33)24-7-3-5-22(31(24)35)23-6-4-8-25(32(23)36)27-18-40-29(34(43-27)47-2)16-38-14-20-9-10-30(45)41-20/h3-8,17-21,37-38,44H,9-16H2,1-2H3,(H,41,45)/t19-,20-,21+/m0/s1. The lowest BCUT2D eigenvalue weighted by molar-refractivity contribution is -0.119. The van der Waals surface area contributed by atoms with Crippen LogP contribution in [0.2, 0.25) is 10.0 Å². The molecule has 2 aromatic heterocycles. The van der Waals surface area contributed by atoms with E-state index >= 15 is 0 Å². The van der Waals surface area contributed by atoms with Crippen LogP contribution in [0.25, 0.3) is 33.6 Å². The zero-order chi connectivity index (χ0) is 32.9. The molecule has 2 fully saturated rings. The average Bonchev–Trinajstić information content (AvgIpc) is 3.49. The fourth-order valence-corrected chi connectivity index (χ4v) is 6.61. The minimum absolute atomic E-state index is 0.0831. The van der Waals surface area contributed by atoms with Gasteiger partial charge in [-0.1, -0.05) is 59.6 Å². The van der Waals surface area contributed by atoms with Crippen LogP contribution in [0.5, 0.6) is 11.8 Å². The summed E-state index contributed by atoms with van der Waals surface area (Å²) in [5.41, 5.74) is 5.30. The molecule has 0 unspecified atom stereocenters. The summed E-state index contributed by atoms with van der Waals surface area (Å²) in [5.74, 6) is 1.37. The maximum absolute atomic E-state index is 11.5. The van der Waals surface area contributed by atoms with Gasteiger partial charge in [-0.25, -0.2) is 9.97 Å². The van der Waals surface area contributed by atoms with Crippen LogP contribution in [-0.4, -0.2) is 70.4 Å². The second-order valence-corrected chi connectivity index (χ2v) is 12.6. The second kappa shape index (κ2) is 14.9. The number of halogens is 2. The van der Waals surface area contributed by atoms with Crippen molar-refractivity contribution in [3.8, 4) is 45.4 Å². The lowest BCUT2D eigenvalue weighted by Crippen LogP contribution is -2.36. The monoisotopic (exact) mass is 677 g/mol. The van der Waals surface area contributed by atoms with E-state index in [1.807, 2.05) is 36.4 Å². The maximum atomic E-state index is 11.5. The Morgan fingerprint density at radius 3 is 1.81 bits per heavy atom. The molecular formula is C34H37Cl2N7O4. The highest BCUT2D eigenvalue weighted by molar-refractivity contribution is 6.39. The first-order valence-corrected chi connectivity index (χ1v) is 16.4. The normalized spacial score (nSPS) is 18.9. The maximum Gasteiger partial charge on any atom is 0.237 e. The minimum Gasteiger partial charge on any atom is -0.480 e. The van der Waals surface area contributed by atoms with Crippen molar-refractivity contribution in [3.05, 3.63) is 70.2 Å². The van der Waals surface area contributed by atoms with Crippen LogP contribution in [0.3, 0.4) is 0 Å². The number of hydrogen-bond donors (Lipinski definition) is 4. The Balaban J connectivity index is 1.21. The van der Waals surface area contributed by atoms with E-state index in [-0.39, 0.29) is 18.1 Å². The van der Waals surface area contributed by atoms with Crippen molar-refractivity contribution < 1.29 is 19.4 Å². The van der Waals surface area contributed by atoms with E-state index in [9.17, 15) is 9.90 Å². The number of amides is 1. The van der Waals surface area contributed by atoms with Crippen molar-refractivity contribution in [2.45, 2.75) is 50.9 Å². The van der Waals surface area contributed by atoms with Gasteiger partial charge < -0.3 is 30.5 Å². The van der Waals surface area contributed by atoms with Gasteiger partial charge in [0, 0.05) is 54.4 Å². The SMILES string of the molecule is COc1nc(-c2cccc(-c3cccc(-c4cnc(CNC[C@H]5C[C@@H](O)C5)c(OC)n4)c3Cl)c2Cl)cnc1CNC[C@@H]1CCC(=O)N1. The number of benzene rings is 2. The van der Waals surface area contributed by atoms with Gasteiger partial charge in [0.1, 0.15) is 11.4 Å². The molecule has 47 heavy (non-hydrogen) atoms. The summed E-state index contributed by atoms with van der Waals surface area (Å²) < 4.78 is 11.1. The van der Waals surface area contributed by atoms with Gasteiger partial charge in [0.2, 0.25) is 17.7 Å². The molecule has 4 N–H and O–H groups in total. The predicted molar refractivity (Wildman–Crippen MR) is 180 cm³/mol. The predicted octanol–water partition coefficient (Wildman–Crippen LogP) is 4.82. The first-order chi connectivity index (χ1) is 22.8. The summed E-state index contributed by atoms with van der Waals surface area (Å²) in [4.78, 5) is 30.2. The summed E-state index contributed by atoms with van der Waals surface area (Å²) in [6.07, 6.45) is 6.21. The molecule has 1 aliphatic heterocycles. The number of carbonyl (C=O) groups is 1. The van der Waals surface area contributed by atoms with Crippen LogP contribution in [-0.2, 0) is 17.9 Å². The number of carbonyl (C=O) groups excluding carboxylic acids is 1. The average molecular weight is 679 g/mol. The smallest absolute Gasteiger partial charge is 0.237 e. The Hall–Kier alpha value is -3.87. The molecular weight excluding hydrogens is 641 g/mol. The van der Waals surface area contributed by atoms with Crippen LogP contribution in [0.15, 0.2) is 48.8 Å². The van der Waals surface area contributed by atoms with Crippen LogP contribution < -0.4 is 25.4 Å². The molecule has 4 aromatic rings. The third-order valence-electron chi connectivity index (χ3n) is 8.55. The summed E-state index contributed by atoms with van der Waals surface area (Å²) >= 11 is 14.1. The van der Waals surface area contributed by atoms with E-state index in [2.05, 4.69) is 25.9 Å². The molecule has 13 heteroatoms. The third-order valence-corrected chi connectivity index (χ3v) is 9.37. The van der Waals surface area contributed by atoms with Gasteiger partial charge in [-0.05, 0) is 31.7 Å². The highest BCUT2D eigenvalue weighted by Crippen LogP contribution is 2.42. The number of aliphatic hydroxyl groups excluding tert-OH is 1. The van der Waals surface area contributed by atoms with Gasteiger partial charge in [-0.2, -0.15) is 0 Å². The molecule has 1 saturated heterocycles. The van der Waals surface area contributed by atoms with E-state index in [0.717, 1.165) is 36.9 Å². The summed E-state index contributed by atoms with van der Waals surface area (Å²) in [6, 6.07) is 11.5. The summed E-state index contributed by atoms with van der Waals surface area (Å²) in [6.45, 7) is 2.39. The molecule has 1 saturated carbocycles. The molecule has 1 amide bonds. The van der Waals surface area contributed by atoms with Gasteiger partial charge in [-0.15, -0.1) is 0 Å². The molecule has 0 spiro atoms. The highest BCUT2D eigenvalue weighted by atomic mass is 35.5. The van der Waals surface area contributed by atoms with Gasteiger partial charge in [0.05, 0.1) is 54.2 Å². The van der Waals surface area contributed by atoms with E-state index in [0.29, 0.717) is 87.7 Å². The number of nitrogens with one attached hydrogen (secondary N) is 3. The molecule has 1 aliphatic carbocycles. The number of ether oxygens (including phenoxy) is 2. The van der Waals surface area contributed by atoms with Crippen molar-refractivity contribution in [1.82, 2.24) is 35.9 Å². The first kappa shape index (κ1) is 33.0. The highest BCUT2D eigenvalue weighted by Gasteiger charge is 2.27. The first-order valence-electron chi connectivity index (χ1n) is 15.6. The Morgan fingerprint density at radius 1 is 0.830 bits per heavy atom. The van der Waals surface area contributed by atoms with E-state index < -0.39 is 0 Å². The summed E-state index contributed by atoms with van der Waals surface area (Å²) in [7, 11) is 3.13. The Kier molecular flexibility index (Phi) is 10.5. The Labute approximate surface area is 283 Å². The molecule has 2 aromatic carbocycles. The lowest BCUT2D eigenvalue weighted by atomic mass is 9.82. The van der Waals surface area contributed by atoms with Crippen LogP contribution in [0.4, 0.5) is 0 Å². The quantitative estimate of drug-likeness (QED) is 0.156. The van der Waals surface area contributed by atoms with Crippen molar-refractivity contribution >= 4 is 29.1 Å². The summed E-state index contributed by atoms with van der Waals surface area (Å²) in [5, 5.41) is 20.1. The molecule has 246 valence electrons.